The first-order valence-corrected chi connectivity index (χ1v) is 8.97. The van der Waals surface area contributed by atoms with Gasteiger partial charge in [-0.15, -0.1) is 0 Å². The SMILES string of the molecule is COc1ccc(CN(C(=O)C(C)C)[C@@H](C)C(=O)NCCC(C)C)cc1. The number of hydrogen-bond acceptors (Lipinski definition) is 3. The molecule has 140 valence electrons. The Morgan fingerprint density at radius 1 is 1.08 bits per heavy atom. The second kappa shape index (κ2) is 10.1. The van der Waals surface area contributed by atoms with E-state index in [-0.39, 0.29) is 17.7 Å². The molecule has 5 heteroatoms. The normalized spacial score (nSPS) is 12.2. The molecule has 0 aromatic heterocycles. The van der Waals surface area contributed by atoms with Crippen molar-refractivity contribution >= 4 is 11.8 Å². The molecule has 0 fully saturated rings. The van der Waals surface area contributed by atoms with Gasteiger partial charge in [0.15, 0.2) is 0 Å². The zero-order chi connectivity index (χ0) is 19.0. The summed E-state index contributed by atoms with van der Waals surface area (Å²) in [5.41, 5.74) is 0.969. The molecule has 1 aromatic rings. The third-order valence-corrected chi connectivity index (χ3v) is 4.16. The maximum atomic E-state index is 12.6. The van der Waals surface area contributed by atoms with E-state index in [1.54, 1.807) is 18.9 Å². The van der Waals surface area contributed by atoms with E-state index in [4.69, 9.17) is 4.74 Å². The van der Waals surface area contributed by atoms with Crippen molar-refractivity contribution in [2.24, 2.45) is 11.8 Å². The van der Waals surface area contributed by atoms with Crippen molar-refractivity contribution in [1.82, 2.24) is 10.2 Å². The van der Waals surface area contributed by atoms with Gasteiger partial charge in [-0.05, 0) is 37.0 Å². The summed E-state index contributed by atoms with van der Waals surface area (Å²) in [4.78, 5) is 26.7. The van der Waals surface area contributed by atoms with E-state index >= 15 is 0 Å². The van der Waals surface area contributed by atoms with Gasteiger partial charge in [-0.2, -0.15) is 0 Å². The van der Waals surface area contributed by atoms with Crippen molar-refractivity contribution in [2.75, 3.05) is 13.7 Å². The summed E-state index contributed by atoms with van der Waals surface area (Å²) in [6.45, 7) is 10.8. The molecule has 1 rings (SSSR count). The Morgan fingerprint density at radius 2 is 1.68 bits per heavy atom. The van der Waals surface area contributed by atoms with E-state index < -0.39 is 6.04 Å². The molecule has 0 radical (unpaired) electrons. The lowest BCUT2D eigenvalue weighted by molar-refractivity contribution is -0.143. The molecular weight excluding hydrogens is 316 g/mol. The zero-order valence-corrected chi connectivity index (χ0v) is 16.3. The minimum atomic E-state index is -0.510. The van der Waals surface area contributed by atoms with Gasteiger partial charge in [0.05, 0.1) is 7.11 Å². The molecule has 1 N–H and O–H groups in total. The molecular formula is C20H32N2O3. The van der Waals surface area contributed by atoms with Crippen LogP contribution in [-0.4, -0.2) is 36.4 Å². The number of methoxy groups -OCH3 is 1. The van der Waals surface area contributed by atoms with Gasteiger partial charge in [0.1, 0.15) is 11.8 Å². The van der Waals surface area contributed by atoms with E-state index in [1.165, 1.54) is 0 Å². The predicted molar refractivity (Wildman–Crippen MR) is 100 cm³/mol. The second-order valence-electron chi connectivity index (χ2n) is 7.12. The van der Waals surface area contributed by atoms with E-state index in [9.17, 15) is 9.59 Å². The zero-order valence-electron chi connectivity index (χ0n) is 16.3. The number of nitrogens with one attached hydrogen (secondary N) is 1. The van der Waals surface area contributed by atoms with Gasteiger partial charge in [0.25, 0.3) is 0 Å². The van der Waals surface area contributed by atoms with Gasteiger partial charge in [0.2, 0.25) is 11.8 Å². The Labute approximate surface area is 151 Å². The van der Waals surface area contributed by atoms with Crippen LogP contribution in [0, 0.1) is 11.8 Å². The van der Waals surface area contributed by atoms with Crippen LogP contribution in [0.3, 0.4) is 0 Å². The fourth-order valence-electron chi connectivity index (χ4n) is 2.44. The maximum absolute atomic E-state index is 12.6. The topological polar surface area (TPSA) is 58.6 Å². The standard InChI is InChI=1S/C20H32N2O3/c1-14(2)11-12-21-19(23)16(5)22(20(24)15(3)4)13-17-7-9-18(25-6)10-8-17/h7-10,14-16H,11-13H2,1-6H3,(H,21,23)/t16-/m0/s1. The first-order valence-electron chi connectivity index (χ1n) is 8.97. The highest BCUT2D eigenvalue weighted by atomic mass is 16.5. The van der Waals surface area contributed by atoms with Gasteiger partial charge >= 0.3 is 0 Å². The molecule has 0 aliphatic carbocycles. The van der Waals surface area contributed by atoms with Crippen LogP contribution in [0.15, 0.2) is 24.3 Å². The number of rotatable bonds is 9. The molecule has 25 heavy (non-hydrogen) atoms. The van der Waals surface area contributed by atoms with Crippen LogP contribution < -0.4 is 10.1 Å². The van der Waals surface area contributed by atoms with Crippen LogP contribution in [-0.2, 0) is 16.1 Å². The fourth-order valence-corrected chi connectivity index (χ4v) is 2.44. The average molecular weight is 348 g/mol. The first kappa shape index (κ1) is 21.0. The summed E-state index contributed by atoms with van der Waals surface area (Å²) in [5, 5.41) is 2.94. The molecule has 1 aromatic carbocycles. The molecule has 1 atom stereocenters. The Hall–Kier alpha value is -2.04. The molecule has 0 saturated carbocycles. The van der Waals surface area contributed by atoms with Crippen LogP contribution in [0.1, 0.15) is 46.6 Å². The number of hydrogen-bond donors (Lipinski definition) is 1. The minimum Gasteiger partial charge on any atom is -0.497 e. The van der Waals surface area contributed by atoms with Gasteiger partial charge < -0.3 is 15.0 Å². The third kappa shape index (κ3) is 6.77. The second-order valence-corrected chi connectivity index (χ2v) is 7.12. The van der Waals surface area contributed by atoms with Crippen molar-refractivity contribution in [3.63, 3.8) is 0 Å². The number of amides is 2. The highest BCUT2D eigenvalue weighted by molar-refractivity contribution is 5.88. The summed E-state index contributed by atoms with van der Waals surface area (Å²) >= 11 is 0. The van der Waals surface area contributed by atoms with Crippen molar-refractivity contribution in [3.05, 3.63) is 29.8 Å². The average Bonchev–Trinajstić information content (AvgIpc) is 2.58. The summed E-state index contributed by atoms with van der Waals surface area (Å²) in [5.74, 6) is 1.00. The third-order valence-electron chi connectivity index (χ3n) is 4.16. The molecule has 0 aliphatic heterocycles. The minimum absolute atomic E-state index is 0.0256. The Kier molecular flexibility index (Phi) is 8.46. The molecule has 0 saturated heterocycles. The molecule has 0 spiro atoms. The first-order chi connectivity index (χ1) is 11.8. The van der Waals surface area contributed by atoms with Crippen LogP contribution in [0.4, 0.5) is 0 Å². The van der Waals surface area contributed by atoms with E-state index in [0.29, 0.717) is 19.0 Å². The molecule has 0 bridgehead atoms. The number of ether oxygens (including phenoxy) is 1. The number of carbonyl (C=O) groups excluding carboxylic acids is 2. The van der Waals surface area contributed by atoms with Gasteiger partial charge in [-0.1, -0.05) is 39.8 Å². The number of benzene rings is 1. The van der Waals surface area contributed by atoms with Gasteiger partial charge in [-0.3, -0.25) is 9.59 Å². The largest absolute Gasteiger partial charge is 0.497 e. The van der Waals surface area contributed by atoms with Crippen molar-refractivity contribution in [3.8, 4) is 5.75 Å². The van der Waals surface area contributed by atoms with E-state index in [0.717, 1.165) is 17.7 Å². The monoisotopic (exact) mass is 348 g/mol. The molecule has 0 unspecified atom stereocenters. The quantitative estimate of drug-likeness (QED) is 0.745. The highest BCUT2D eigenvalue weighted by Crippen LogP contribution is 2.16. The summed E-state index contributed by atoms with van der Waals surface area (Å²) in [7, 11) is 1.62. The Balaban J connectivity index is 2.84. The van der Waals surface area contributed by atoms with E-state index in [1.807, 2.05) is 38.1 Å². The lowest BCUT2D eigenvalue weighted by atomic mass is 10.1. The maximum Gasteiger partial charge on any atom is 0.242 e. The van der Waals surface area contributed by atoms with Crippen molar-refractivity contribution in [1.29, 1.82) is 0 Å². The molecule has 0 aliphatic rings. The van der Waals surface area contributed by atoms with Crippen molar-refractivity contribution in [2.45, 2.75) is 53.6 Å². The van der Waals surface area contributed by atoms with Crippen LogP contribution in [0.2, 0.25) is 0 Å². The lowest BCUT2D eigenvalue weighted by Crippen LogP contribution is -2.49. The van der Waals surface area contributed by atoms with Crippen LogP contribution in [0.25, 0.3) is 0 Å². The molecule has 0 heterocycles. The lowest BCUT2D eigenvalue weighted by Gasteiger charge is -2.30. The fraction of sp³-hybridized carbons (Fsp3) is 0.600. The van der Waals surface area contributed by atoms with E-state index in [2.05, 4.69) is 19.2 Å². The van der Waals surface area contributed by atoms with Gasteiger partial charge in [-0.25, -0.2) is 0 Å². The molecule has 5 nitrogen and oxygen atoms in total. The van der Waals surface area contributed by atoms with Crippen molar-refractivity contribution < 1.29 is 14.3 Å². The summed E-state index contributed by atoms with van der Waals surface area (Å²) in [6.07, 6.45) is 0.926. The molecule has 2 amide bonds. The summed E-state index contributed by atoms with van der Waals surface area (Å²) in [6, 6.07) is 7.05. The summed E-state index contributed by atoms with van der Waals surface area (Å²) < 4.78 is 5.16. The smallest absolute Gasteiger partial charge is 0.242 e. The number of nitrogens with zero attached hydrogens (tertiary/aromatic N) is 1. The number of carbonyl (C=O) groups is 2. The Morgan fingerprint density at radius 3 is 2.16 bits per heavy atom. The van der Waals surface area contributed by atoms with Crippen LogP contribution in [0.5, 0.6) is 5.75 Å². The highest BCUT2D eigenvalue weighted by Gasteiger charge is 2.27. The predicted octanol–water partition coefficient (Wildman–Crippen LogP) is 3.23. The Bertz CT molecular complexity index is 553. The van der Waals surface area contributed by atoms with Crippen LogP contribution >= 0.6 is 0 Å². The van der Waals surface area contributed by atoms with Gasteiger partial charge in [0, 0.05) is 19.0 Å².